The van der Waals surface area contributed by atoms with E-state index < -0.39 is 5.41 Å². The van der Waals surface area contributed by atoms with Crippen molar-refractivity contribution < 1.29 is 8.22 Å². The summed E-state index contributed by atoms with van der Waals surface area (Å²) in [6, 6.07) is 62.4. The number of hydrogen-bond donors (Lipinski definition) is 0. The van der Waals surface area contributed by atoms with Crippen LogP contribution in [0.4, 0.5) is 17.1 Å². The summed E-state index contributed by atoms with van der Waals surface area (Å²) >= 11 is 1.78. The van der Waals surface area contributed by atoms with Gasteiger partial charge in [0, 0.05) is 48.0 Å². The number of nitrogens with zero attached hydrogens (tertiary/aromatic N) is 2. The molecule has 2 nitrogen and oxygen atoms in total. The van der Waals surface area contributed by atoms with Crippen LogP contribution in [0.1, 0.15) is 30.5 Å². The van der Waals surface area contributed by atoms with Crippen molar-refractivity contribution in [3.63, 3.8) is 0 Å². The summed E-state index contributed by atoms with van der Waals surface area (Å²) in [6.07, 6.45) is 0. The molecule has 0 saturated carbocycles. The fourth-order valence-electron chi connectivity index (χ4n) is 10.9. The van der Waals surface area contributed by atoms with Gasteiger partial charge in [-0.2, -0.15) is 0 Å². The van der Waals surface area contributed by atoms with Crippen molar-refractivity contribution in [2.24, 2.45) is 0 Å². The maximum Gasteiger partial charge on any atom is 0.0726 e. The number of benzene rings is 10. The van der Waals surface area contributed by atoms with Crippen LogP contribution in [0.2, 0.25) is 0 Å². The Hall–Kier alpha value is -7.72. The SMILES string of the molecule is [2H]c1c([2H])c2c3c(c([2H])c([2H])c([2H])c3c1[2H])C1(c3ccccc3-c3ccc(N(c4ccc5c(c4)c4ccccc4n5-c4ccccc4)c4cccc5sc6ccccc6c45)cc31)c1ccccc1-2. The van der Waals surface area contributed by atoms with Crippen LogP contribution in [-0.2, 0) is 5.41 Å². The van der Waals surface area contributed by atoms with Gasteiger partial charge in [0.2, 0.25) is 0 Å². The Balaban J connectivity index is 1.12. The Bertz CT molecular complexity index is 4190. The van der Waals surface area contributed by atoms with E-state index in [-0.39, 0.29) is 41.6 Å². The standard InChI is InChI=1S/C59H36N2S/c1-2-17-38(18-3-1)61-52-27-10-6-21-44(52)47-35-39(32-34-53(47)61)60(54-28-14-30-56-58(54)46-22-7-11-29-55(46)62-56)40-31-33-43-41-19-4-8-24-48(41)59(51(43)36-40)49-25-9-5-20-42(49)45-23-12-15-37-16-13-26-50(59)57(37)45/h1-36H/i12D,13D,15D,16D,23D,26D. The molecule has 3 heteroatoms. The van der Waals surface area contributed by atoms with Crippen molar-refractivity contribution in [1.29, 1.82) is 0 Å². The summed E-state index contributed by atoms with van der Waals surface area (Å²) in [5, 5.41) is 5.13. The summed E-state index contributed by atoms with van der Waals surface area (Å²) in [4.78, 5) is 2.37. The lowest BCUT2D eigenvalue weighted by molar-refractivity contribution is 0.773. The minimum Gasteiger partial charge on any atom is -0.310 e. The molecule has 1 spiro atoms. The third-order valence-electron chi connectivity index (χ3n) is 13.3. The van der Waals surface area contributed by atoms with E-state index in [0.717, 1.165) is 83.3 Å². The Morgan fingerprint density at radius 2 is 1.08 bits per heavy atom. The molecule has 2 heterocycles. The smallest absolute Gasteiger partial charge is 0.0726 e. The highest BCUT2D eigenvalue weighted by Gasteiger charge is 2.50. The van der Waals surface area contributed by atoms with Crippen molar-refractivity contribution in [3.8, 4) is 27.9 Å². The highest BCUT2D eigenvalue weighted by molar-refractivity contribution is 7.26. The molecule has 0 saturated heterocycles. The number of thiophene rings is 1. The molecule has 288 valence electrons. The Kier molecular flexibility index (Phi) is 5.86. The zero-order chi connectivity index (χ0) is 45.7. The molecule has 0 fully saturated rings. The van der Waals surface area contributed by atoms with Gasteiger partial charge in [0.1, 0.15) is 0 Å². The highest BCUT2D eigenvalue weighted by Crippen LogP contribution is 2.62. The average molecular weight is 811 g/mol. The molecule has 0 radical (unpaired) electrons. The van der Waals surface area contributed by atoms with Gasteiger partial charge in [-0.05, 0) is 122 Å². The molecule has 0 amide bonds. The summed E-state index contributed by atoms with van der Waals surface area (Å²) in [7, 11) is 0. The van der Waals surface area contributed by atoms with Crippen LogP contribution in [0.15, 0.2) is 218 Å². The second kappa shape index (κ2) is 12.7. The molecule has 0 aliphatic heterocycles. The van der Waals surface area contributed by atoms with E-state index in [1.54, 1.807) is 11.3 Å². The van der Waals surface area contributed by atoms with E-state index in [4.69, 9.17) is 1.37 Å². The molecule has 2 aromatic heterocycles. The number of fused-ring (bicyclic) bond motifs is 15. The third kappa shape index (κ3) is 4.42. The first kappa shape index (κ1) is 28.7. The summed E-state index contributed by atoms with van der Waals surface area (Å²) in [5.41, 5.74) is 11.2. The minimum atomic E-state index is -1.19. The second-order valence-electron chi connectivity index (χ2n) is 16.3. The normalized spacial score (nSPS) is 16.2. The summed E-state index contributed by atoms with van der Waals surface area (Å²) in [5.74, 6) is 0. The zero-order valence-electron chi connectivity index (χ0n) is 39.1. The van der Waals surface area contributed by atoms with E-state index in [1.807, 2.05) is 36.4 Å². The zero-order valence-corrected chi connectivity index (χ0v) is 33.9. The molecule has 1 atom stereocenters. The van der Waals surface area contributed by atoms with Gasteiger partial charge in [-0.3, -0.25) is 0 Å². The fourth-order valence-corrected chi connectivity index (χ4v) is 12.0. The summed E-state index contributed by atoms with van der Waals surface area (Å²) < 4.78 is 60.8. The molecule has 12 aromatic rings. The second-order valence-corrected chi connectivity index (χ2v) is 17.4. The maximum atomic E-state index is 9.93. The van der Waals surface area contributed by atoms with Crippen LogP contribution in [0.5, 0.6) is 0 Å². The van der Waals surface area contributed by atoms with Crippen LogP contribution in [0, 0.1) is 0 Å². The van der Waals surface area contributed by atoms with Crippen LogP contribution in [0.3, 0.4) is 0 Å². The van der Waals surface area contributed by atoms with Crippen LogP contribution < -0.4 is 4.90 Å². The quantitative estimate of drug-likeness (QED) is 0.172. The molecular weight excluding hydrogens is 769 g/mol. The first-order valence-electron chi connectivity index (χ1n) is 23.9. The Labute approximate surface area is 371 Å². The van der Waals surface area contributed by atoms with Crippen molar-refractivity contribution in [2.75, 3.05) is 4.90 Å². The van der Waals surface area contributed by atoms with Crippen molar-refractivity contribution in [1.82, 2.24) is 4.57 Å². The average Bonchev–Trinajstić information content (AvgIpc) is 4.02. The lowest BCUT2D eigenvalue weighted by Crippen LogP contribution is -2.32. The Morgan fingerprint density at radius 1 is 0.435 bits per heavy atom. The number of anilines is 3. The van der Waals surface area contributed by atoms with Gasteiger partial charge in [0.25, 0.3) is 0 Å². The van der Waals surface area contributed by atoms with Gasteiger partial charge in [0.15, 0.2) is 0 Å². The number of hydrogen-bond acceptors (Lipinski definition) is 2. The van der Waals surface area contributed by atoms with Crippen LogP contribution >= 0.6 is 11.3 Å². The molecule has 2 aliphatic rings. The first-order valence-corrected chi connectivity index (χ1v) is 21.8. The summed E-state index contributed by atoms with van der Waals surface area (Å²) in [6.45, 7) is 0. The molecule has 0 bridgehead atoms. The number of para-hydroxylation sites is 2. The van der Waals surface area contributed by atoms with E-state index in [0.29, 0.717) is 16.5 Å². The highest BCUT2D eigenvalue weighted by atomic mass is 32.1. The van der Waals surface area contributed by atoms with Crippen LogP contribution in [-0.4, -0.2) is 4.57 Å². The van der Waals surface area contributed by atoms with Crippen molar-refractivity contribution in [2.45, 2.75) is 5.41 Å². The lowest BCUT2D eigenvalue weighted by Gasteiger charge is -2.40. The molecule has 2 aliphatic carbocycles. The molecule has 0 N–H and O–H groups in total. The van der Waals surface area contributed by atoms with Crippen molar-refractivity contribution >= 4 is 81.1 Å². The van der Waals surface area contributed by atoms with E-state index in [9.17, 15) is 6.85 Å². The fraction of sp³-hybridized carbons (Fsp3) is 0.0169. The molecule has 10 aromatic carbocycles. The van der Waals surface area contributed by atoms with Gasteiger partial charge in [0.05, 0.1) is 30.4 Å². The maximum absolute atomic E-state index is 9.93. The van der Waals surface area contributed by atoms with Gasteiger partial charge >= 0.3 is 0 Å². The molecule has 1 unspecified atom stereocenters. The number of aromatic nitrogens is 1. The molecule has 62 heavy (non-hydrogen) atoms. The number of rotatable bonds is 4. The van der Waals surface area contributed by atoms with E-state index in [2.05, 4.69) is 155 Å². The van der Waals surface area contributed by atoms with Crippen LogP contribution in [0.25, 0.3) is 80.7 Å². The lowest BCUT2D eigenvalue weighted by atomic mass is 9.61. The predicted molar refractivity (Wildman–Crippen MR) is 262 cm³/mol. The minimum absolute atomic E-state index is 0.116. The largest absolute Gasteiger partial charge is 0.310 e. The Morgan fingerprint density at radius 3 is 1.94 bits per heavy atom. The van der Waals surface area contributed by atoms with E-state index >= 15 is 0 Å². The molecule has 14 rings (SSSR count). The molecular formula is C59H36N2S. The van der Waals surface area contributed by atoms with Gasteiger partial charge < -0.3 is 9.47 Å². The van der Waals surface area contributed by atoms with E-state index in [1.165, 1.54) is 14.8 Å². The first-order chi connectivity index (χ1) is 33.3. The van der Waals surface area contributed by atoms with Gasteiger partial charge in [-0.15, -0.1) is 11.3 Å². The van der Waals surface area contributed by atoms with Crippen molar-refractivity contribution in [3.05, 3.63) is 240 Å². The topological polar surface area (TPSA) is 8.17 Å². The monoisotopic (exact) mass is 810 g/mol. The van der Waals surface area contributed by atoms with Gasteiger partial charge in [-0.25, -0.2) is 0 Å². The van der Waals surface area contributed by atoms with Gasteiger partial charge in [-0.1, -0.05) is 152 Å². The predicted octanol–water partition coefficient (Wildman–Crippen LogP) is 16.1. The third-order valence-corrected chi connectivity index (χ3v) is 14.4.